The van der Waals surface area contributed by atoms with Gasteiger partial charge in [-0.1, -0.05) is 0 Å². The van der Waals surface area contributed by atoms with Crippen molar-refractivity contribution in [3.8, 4) is 11.5 Å². The first-order valence-corrected chi connectivity index (χ1v) is 5.17. The lowest BCUT2D eigenvalue weighted by Crippen LogP contribution is -2.03. The highest BCUT2D eigenvalue weighted by Crippen LogP contribution is 2.23. The lowest BCUT2D eigenvalue weighted by molar-refractivity contribution is 0.769. The number of nitrogens with two attached hydrogens (primary N) is 1. The SMILES string of the molecule is Cc1nc(-c2ccnn2C)nc(N)c1Br. The second-order valence-corrected chi connectivity index (χ2v) is 3.96. The van der Waals surface area contributed by atoms with E-state index in [9.17, 15) is 0 Å². The zero-order chi connectivity index (χ0) is 11.0. The molecule has 5 nitrogen and oxygen atoms in total. The van der Waals surface area contributed by atoms with Crippen molar-refractivity contribution in [1.82, 2.24) is 19.7 Å². The highest BCUT2D eigenvalue weighted by atomic mass is 79.9. The fourth-order valence-corrected chi connectivity index (χ4v) is 1.47. The van der Waals surface area contributed by atoms with Crippen molar-refractivity contribution in [3.05, 3.63) is 22.4 Å². The Bertz CT molecular complexity index is 482. The first-order chi connectivity index (χ1) is 7.09. The molecule has 2 aromatic heterocycles. The summed E-state index contributed by atoms with van der Waals surface area (Å²) in [6.07, 6.45) is 1.70. The molecular weight excluding hydrogens is 258 g/mol. The number of aromatic nitrogens is 4. The van der Waals surface area contributed by atoms with E-state index in [0.29, 0.717) is 11.6 Å². The van der Waals surface area contributed by atoms with Crippen molar-refractivity contribution < 1.29 is 0 Å². The summed E-state index contributed by atoms with van der Waals surface area (Å²) in [7, 11) is 1.84. The number of anilines is 1. The standard InChI is InChI=1S/C9H10BrN5/c1-5-7(10)8(11)14-9(13-5)6-3-4-12-15(6)2/h3-4H,1-2H3,(H2,11,13,14). The van der Waals surface area contributed by atoms with Crippen molar-refractivity contribution in [2.45, 2.75) is 6.92 Å². The van der Waals surface area contributed by atoms with Crippen LogP contribution in [-0.2, 0) is 7.05 Å². The van der Waals surface area contributed by atoms with E-state index in [1.165, 1.54) is 0 Å². The fourth-order valence-electron chi connectivity index (χ4n) is 1.29. The van der Waals surface area contributed by atoms with Gasteiger partial charge in [0.1, 0.15) is 11.5 Å². The second-order valence-electron chi connectivity index (χ2n) is 3.17. The van der Waals surface area contributed by atoms with E-state index >= 15 is 0 Å². The molecule has 0 fully saturated rings. The summed E-state index contributed by atoms with van der Waals surface area (Å²) in [4.78, 5) is 8.53. The molecule has 0 amide bonds. The van der Waals surface area contributed by atoms with Gasteiger partial charge in [-0.15, -0.1) is 0 Å². The maximum Gasteiger partial charge on any atom is 0.180 e. The van der Waals surface area contributed by atoms with E-state index in [1.54, 1.807) is 10.9 Å². The average Bonchev–Trinajstić information content (AvgIpc) is 2.60. The molecule has 0 saturated carbocycles. The lowest BCUT2D eigenvalue weighted by atomic mass is 10.3. The molecule has 0 saturated heterocycles. The molecule has 0 aliphatic rings. The van der Waals surface area contributed by atoms with Gasteiger partial charge in [-0.25, -0.2) is 9.97 Å². The summed E-state index contributed by atoms with van der Waals surface area (Å²) >= 11 is 3.32. The fraction of sp³-hybridized carbons (Fsp3) is 0.222. The Morgan fingerprint density at radius 3 is 2.67 bits per heavy atom. The van der Waals surface area contributed by atoms with E-state index in [4.69, 9.17) is 5.73 Å². The number of nitrogen functional groups attached to an aromatic ring is 1. The number of rotatable bonds is 1. The van der Waals surface area contributed by atoms with Gasteiger partial charge in [0, 0.05) is 13.2 Å². The molecule has 2 N–H and O–H groups in total. The molecule has 0 unspecified atom stereocenters. The van der Waals surface area contributed by atoms with Crippen LogP contribution in [0, 0.1) is 6.92 Å². The molecule has 0 bridgehead atoms. The molecule has 0 aliphatic heterocycles. The summed E-state index contributed by atoms with van der Waals surface area (Å²) in [6, 6.07) is 1.85. The monoisotopic (exact) mass is 267 g/mol. The third-order valence-corrected chi connectivity index (χ3v) is 3.07. The maximum absolute atomic E-state index is 5.75. The van der Waals surface area contributed by atoms with Crippen LogP contribution in [0.1, 0.15) is 5.69 Å². The van der Waals surface area contributed by atoms with Crippen LogP contribution in [0.5, 0.6) is 0 Å². The highest BCUT2D eigenvalue weighted by molar-refractivity contribution is 9.10. The van der Waals surface area contributed by atoms with Gasteiger partial charge in [-0.05, 0) is 28.9 Å². The maximum atomic E-state index is 5.75. The van der Waals surface area contributed by atoms with Gasteiger partial charge in [0.15, 0.2) is 5.82 Å². The minimum atomic E-state index is 0.443. The van der Waals surface area contributed by atoms with Gasteiger partial charge < -0.3 is 5.73 Å². The minimum absolute atomic E-state index is 0.443. The molecule has 0 spiro atoms. The Morgan fingerprint density at radius 1 is 1.40 bits per heavy atom. The molecule has 0 aromatic carbocycles. The van der Waals surface area contributed by atoms with Crippen molar-refractivity contribution >= 4 is 21.7 Å². The summed E-state index contributed by atoms with van der Waals surface area (Å²) < 4.78 is 2.45. The molecule has 0 atom stereocenters. The Balaban J connectivity index is 2.60. The van der Waals surface area contributed by atoms with Crippen LogP contribution in [-0.4, -0.2) is 19.7 Å². The summed E-state index contributed by atoms with van der Waals surface area (Å²) in [6.45, 7) is 1.88. The molecule has 2 rings (SSSR count). The quantitative estimate of drug-likeness (QED) is 0.851. The lowest BCUT2D eigenvalue weighted by Gasteiger charge is -2.05. The van der Waals surface area contributed by atoms with Crippen LogP contribution in [0.3, 0.4) is 0 Å². The van der Waals surface area contributed by atoms with E-state index in [0.717, 1.165) is 15.9 Å². The van der Waals surface area contributed by atoms with Crippen LogP contribution in [0.2, 0.25) is 0 Å². The highest BCUT2D eigenvalue weighted by Gasteiger charge is 2.10. The van der Waals surface area contributed by atoms with Gasteiger partial charge in [0.05, 0.1) is 10.2 Å². The molecule has 15 heavy (non-hydrogen) atoms. The number of nitrogens with zero attached hydrogens (tertiary/aromatic N) is 4. The Morgan fingerprint density at radius 2 is 2.13 bits per heavy atom. The van der Waals surface area contributed by atoms with Crippen LogP contribution in [0.15, 0.2) is 16.7 Å². The average molecular weight is 268 g/mol. The zero-order valence-electron chi connectivity index (χ0n) is 8.40. The predicted octanol–water partition coefficient (Wildman–Crippen LogP) is 1.53. The summed E-state index contributed by atoms with van der Waals surface area (Å²) in [5.74, 6) is 1.03. The minimum Gasteiger partial charge on any atom is -0.383 e. The Hall–Kier alpha value is -1.43. The molecule has 2 heterocycles. The predicted molar refractivity (Wildman–Crippen MR) is 61.1 cm³/mol. The summed E-state index contributed by atoms with van der Waals surface area (Å²) in [5.41, 5.74) is 7.41. The molecule has 0 aliphatic carbocycles. The van der Waals surface area contributed by atoms with E-state index in [-0.39, 0.29) is 0 Å². The topological polar surface area (TPSA) is 69.6 Å². The molecule has 6 heteroatoms. The van der Waals surface area contributed by atoms with Crippen molar-refractivity contribution in [2.75, 3.05) is 5.73 Å². The van der Waals surface area contributed by atoms with Gasteiger partial charge in [-0.2, -0.15) is 5.10 Å². The van der Waals surface area contributed by atoms with Crippen LogP contribution in [0.25, 0.3) is 11.5 Å². The number of halogens is 1. The normalized spacial score (nSPS) is 10.6. The zero-order valence-corrected chi connectivity index (χ0v) is 9.98. The Kier molecular flexibility index (Phi) is 2.44. The van der Waals surface area contributed by atoms with E-state index in [1.807, 2.05) is 20.0 Å². The van der Waals surface area contributed by atoms with Gasteiger partial charge >= 0.3 is 0 Å². The molecule has 0 radical (unpaired) electrons. The summed E-state index contributed by atoms with van der Waals surface area (Å²) in [5, 5.41) is 4.06. The second kappa shape index (κ2) is 3.62. The number of aryl methyl sites for hydroxylation is 2. The van der Waals surface area contributed by atoms with Crippen LogP contribution >= 0.6 is 15.9 Å². The van der Waals surface area contributed by atoms with Gasteiger partial charge in [0.25, 0.3) is 0 Å². The largest absolute Gasteiger partial charge is 0.383 e. The van der Waals surface area contributed by atoms with E-state index in [2.05, 4.69) is 31.0 Å². The van der Waals surface area contributed by atoms with Gasteiger partial charge in [-0.3, -0.25) is 4.68 Å². The van der Waals surface area contributed by atoms with Crippen molar-refractivity contribution in [1.29, 1.82) is 0 Å². The molecular formula is C9H10BrN5. The third-order valence-electron chi connectivity index (χ3n) is 2.09. The van der Waals surface area contributed by atoms with Crippen molar-refractivity contribution in [2.24, 2.45) is 7.05 Å². The van der Waals surface area contributed by atoms with Crippen LogP contribution in [0.4, 0.5) is 5.82 Å². The molecule has 2 aromatic rings. The van der Waals surface area contributed by atoms with Crippen molar-refractivity contribution in [3.63, 3.8) is 0 Å². The van der Waals surface area contributed by atoms with E-state index < -0.39 is 0 Å². The number of hydrogen-bond acceptors (Lipinski definition) is 4. The van der Waals surface area contributed by atoms with Gasteiger partial charge in [0.2, 0.25) is 0 Å². The first-order valence-electron chi connectivity index (χ1n) is 4.37. The van der Waals surface area contributed by atoms with Crippen LogP contribution < -0.4 is 5.73 Å². The number of hydrogen-bond donors (Lipinski definition) is 1. The Labute approximate surface area is 95.5 Å². The molecule has 78 valence electrons. The first kappa shape index (κ1) is 10.1. The smallest absolute Gasteiger partial charge is 0.180 e. The third kappa shape index (κ3) is 1.72.